The van der Waals surface area contributed by atoms with Crippen molar-refractivity contribution in [1.82, 2.24) is 5.32 Å². The summed E-state index contributed by atoms with van der Waals surface area (Å²) in [5.74, 6) is -1.14. The summed E-state index contributed by atoms with van der Waals surface area (Å²) in [6.45, 7) is 1.83. The molecular weight excluding hydrogens is 256 g/mol. The fourth-order valence-electron chi connectivity index (χ4n) is 3.28. The molecule has 5 nitrogen and oxygen atoms in total. The SMILES string of the molecule is Cc1ccc(NC(=O)C2CC3CCC2N3)c(C(=O)O)c1. The van der Waals surface area contributed by atoms with Crippen molar-refractivity contribution in [3.8, 4) is 0 Å². The monoisotopic (exact) mass is 274 g/mol. The molecule has 1 aromatic rings. The summed E-state index contributed by atoms with van der Waals surface area (Å²) in [7, 11) is 0. The van der Waals surface area contributed by atoms with Gasteiger partial charge in [-0.05, 0) is 38.3 Å². The number of fused-ring (bicyclic) bond motifs is 2. The van der Waals surface area contributed by atoms with Crippen molar-refractivity contribution in [3.63, 3.8) is 0 Å². The van der Waals surface area contributed by atoms with Crippen LogP contribution in [-0.4, -0.2) is 29.1 Å². The molecule has 3 unspecified atom stereocenters. The molecule has 1 amide bonds. The second-order valence-electron chi connectivity index (χ2n) is 5.73. The van der Waals surface area contributed by atoms with E-state index in [1.54, 1.807) is 18.2 Å². The molecule has 1 aromatic carbocycles. The molecule has 106 valence electrons. The Kier molecular flexibility index (Phi) is 3.22. The molecule has 0 aliphatic carbocycles. The van der Waals surface area contributed by atoms with E-state index in [-0.39, 0.29) is 23.4 Å². The topological polar surface area (TPSA) is 78.4 Å². The van der Waals surface area contributed by atoms with Crippen LogP contribution in [0.4, 0.5) is 5.69 Å². The Morgan fingerprint density at radius 2 is 2.15 bits per heavy atom. The van der Waals surface area contributed by atoms with Crippen LogP contribution in [0.1, 0.15) is 35.2 Å². The third-order valence-corrected chi connectivity index (χ3v) is 4.30. The molecule has 2 aliphatic rings. The number of amides is 1. The highest BCUT2D eigenvalue weighted by molar-refractivity contribution is 6.01. The van der Waals surface area contributed by atoms with Crippen LogP contribution in [0.3, 0.4) is 0 Å². The average molecular weight is 274 g/mol. The molecule has 3 rings (SSSR count). The van der Waals surface area contributed by atoms with Gasteiger partial charge in [-0.25, -0.2) is 4.79 Å². The number of rotatable bonds is 3. The van der Waals surface area contributed by atoms with Gasteiger partial charge in [-0.15, -0.1) is 0 Å². The summed E-state index contributed by atoms with van der Waals surface area (Å²) in [6, 6.07) is 5.75. The van der Waals surface area contributed by atoms with Gasteiger partial charge in [0.05, 0.1) is 17.2 Å². The van der Waals surface area contributed by atoms with E-state index in [1.807, 2.05) is 6.92 Å². The largest absolute Gasteiger partial charge is 0.478 e. The molecule has 0 saturated carbocycles. The average Bonchev–Trinajstić information content (AvgIpc) is 3.03. The number of carboxylic acid groups (broad SMARTS) is 1. The molecule has 2 saturated heterocycles. The molecule has 2 fully saturated rings. The lowest BCUT2D eigenvalue weighted by molar-refractivity contribution is -0.120. The third kappa shape index (κ3) is 2.29. The minimum absolute atomic E-state index is 0.0447. The first kappa shape index (κ1) is 13.1. The summed E-state index contributed by atoms with van der Waals surface area (Å²) < 4.78 is 0. The molecule has 0 aromatic heterocycles. The Hall–Kier alpha value is -1.88. The molecule has 0 spiro atoms. The predicted octanol–water partition coefficient (Wildman–Crippen LogP) is 1.77. The Labute approximate surface area is 117 Å². The molecule has 3 N–H and O–H groups in total. The van der Waals surface area contributed by atoms with E-state index in [0.29, 0.717) is 11.7 Å². The van der Waals surface area contributed by atoms with Crippen molar-refractivity contribution in [1.29, 1.82) is 0 Å². The number of carbonyl (C=O) groups excluding carboxylic acids is 1. The molecule has 3 atom stereocenters. The Morgan fingerprint density at radius 3 is 2.75 bits per heavy atom. The maximum Gasteiger partial charge on any atom is 0.337 e. The van der Waals surface area contributed by atoms with Crippen LogP contribution in [-0.2, 0) is 4.79 Å². The van der Waals surface area contributed by atoms with Crippen LogP contribution in [0.15, 0.2) is 18.2 Å². The second kappa shape index (κ2) is 4.90. The first-order valence-electron chi connectivity index (χ1n) is 6.95. The van der Waals surface area contributed by atoms with Gasteiger partial charge < -0.3 is 15.7 Å². The summed E-state index contributed by atoms with van der Waals surface area (Å²) in [6.07, 6.45) is 3.02. The van der Waals surface area contributed by atoms with E-state index in [0.717, 1.165) is 24.8 Å². The summed E-state index contributed by atoms with van der Waals surface area (Å²) in [5.41, 5.74) is 1.40. The number of aromatic carboxylic acids is 1. The highest BCUT2D eigenvalue weighted by Gasteiger charge is 2.42. The highest BCUT2D eigenvalue weighted by atomic mass is 16.4. The fourth-order valence-corrected chi connectivity index (χ4v) is 3.28. The van der Waals surface area contributed by atoms with Gasteiger partial charge in [0, 0.05) is 12.1 Å². The Morgan fingerprint density at radius 1 is 1.35 bits per heavy atom. The third-order valence-electron chi connectivity index (χ3n) is 4.30. The lowest BCUT2D eigenvalue weighted by Gasteiger charge is -2.20. The van der Waals surface area contributed by atoms with Gasteiger partial charge in [0.2, 0.25) is 5.91 Å². The lowest BCUT2D eigenvalue weighted by Crippen LogP contribution is -2.33. The van der Waals surface area contributed by atoms with Gasteiger partial charge in [-0.3, -0.25) is 4.79 Å². The molecule has 0 radical (unpaired) electrons. The van der Waals surface area contributed by atoms with E-state index < -0.39 is 5.97 Å². The number of carboxylic acids is 1. The zero-order valence-corrected chi connectivity index (χ0v) is 11.3. The van der Waals surface area contributed by atoms with Gasteiger partial charge in [0.15, 0.2) is 0 Å². The lowest BCUT2D eigenvalue weighted by atomic mass is 9.88. The molecule has 2 aliphatic heterocycles. The van der Waals surface area contributed by atoms with Crippen LogP contribution in [0.25, 0.3) is 0 Å². The summed E-state index contributed by atoms with van der Waals surface area (Å²) in [5, 5.41) is 15.4. The molecule has 2 heterocycles. The van der Waals surface area contributed by atoms with Crippen molar-refractivity contribution in [2.24, 2.45) is 5.92 Å². The van der Waals surface area contributed by atoms with Crippen molar-refractivity contribution < 1.29 is 14.7 Å². The van der Waals surface area contributed by atoms with Gasteiger partial charge in [-0.2, -0.15) is 0 Å². The summed E-state index contributed by atoms with van der Waals surface area (Å²) in [4.78, 5) is 23.6. The first-order chi connectivity index (χ1) is 9.54. The van der Waals surface area contributed by atoms with Gasteiger partial charge in [0.1, 0.15) is 0 Å². The zero-order chi connectivity index (χ0) is 14.3. The normalized spacial score (nSPS) is 27.6. The van der Waals surface area contributed by atoms with Gasteiger partial charge in [-0.1, -0.05) is 11.6 Å². The van der Waals surface area contributed by atoms with Crippen LogP contribution in [0.2, 0.25) is 0 Å². The van der Waals surface area contributed by atoms with Crippen molar-refractivity contribution in [2.45, 2.75) is 38.3 Å². The van der Waals surface area contributed by atoms with Crippen LogP contribution >= 0.6 is 0 Å². The number of aryl methyl sites for hydroxylation is 1. The quantitative estimate of drug-likeness (QED) is 0.785. The number of nitrogens with one attached hydrogen (secondary N) is 2. The molecule has 2 bridgehead atoms. The summed E-state index contributed by atoms with van der Waals surface area (Å²) >= 11 is 0. The van der Waals surface area contributed by atoms with E-state index in [1.165, 1.54) is 0 Å². The number of benzene rings is 1. The molecule has 20 heavy (non-hydrogen) atoms. The van der Waals surface area contributed by atoms with Gasteiger partial charge >= 0.3 is 5.97 Å². The van der Waals surface area contributed by atoms with E-state index in [9.17, 15) is 14.7 Å². The first-order valence-corrected chi connectivity index (χ1v) is 6.95. The van der Waals surface area contributed by atoms with Crippen molar-refractivity contribution >= 4 is 17.6 Å². The Bertz CT molecular complexity index is 570. The van der Waals surface area contributed by atoms with E-state index in [2.05, 4.69) is 10.6 Å². The number of hydrogen-bond acceptors (Lipinski definition) is 3. The zero-order valence-electron chi connectivity index (χ0n) is 11.3. The maximum atomic E-state index is 12.3. The number of carbonyl (C=O) groups is 2. The number of anilines is 1. The smallest absolute Gasteiger partial charge is 0.337 e. The minimum Gasteiger partial charge on any atom is -0.478 e. The predicted molar refractivity (Wildman–Crippen MR) is 74.8 cm³/mol. The van der Waals surface area contributed by atoms with Gasteiger partial charge in [0.25, 0.3) is 0 Å². The van der Waals surface area contributed by atoms with Crippen molar-refractivity contribution in [2.75, 3.05) is 5.32 Å². The minimum atomic E-state index is -1.02. The molecule has 5 heteroatoms. The van der Waals surface area contributed by atoms with E-state index in [4.69, 9.17) is 0 Å². The van der Waals surface area contributed by atoms with Crippen molar-refractivity contribution in [3.05, 3.63) is 29.3 Å². The van der Waals surface area contributed by atoms with Crippen LogP contribution < -0.4 is 10.6 Å². The fraction of sp³-hybridized carbons (Fsp3) is 0.467. The second-order valence-corrected chi connectivity index (χ2v) is 5.73. The Balaban J connectivity index is 1.78. The van der Waals surface area contributed by atoms with E-state index >= 15 is 0 Å². The van der Waals surface area contributed by atoms with Crippen LogP contribution in [0.5, 0.6) is 0 Å². The standard InChI is InChI=1S/C15H18N2O3/c1-8-2-4-13(11(6-8)15(19)20)17-14(18)10-7-9-3-5-12(10)16-9/h2,4,6,9-10,12,16H,3,5,7H2,1H3,(H,17,18)(H,19,20). The number of hydrogen-bond donors (Lipinski definition) is 3. The molecular formula is C15H18N2O3. The maximum absolute atomic E-state index is 12.3. The highest BCUT2D eigenvalue weighted by Crippen LogP contribution is 2.34. The van der Waals surface area contributed by atoms with Crippen LogP contribution in [0, 0.1) is 12.8 Å².